The van der Waals surface area contributed by atoms with Gasteiger partial charge in [-0.05, 0) is 46.8 Å². The molecule has 1 heterocycles. The van der Waals surface area contributed by atoms with Crippen LogP contribution in [0.5, 0.6) is 5.88 Å². The Balaban J connectivity index is 2.42. The lowest BCUT2D eigenvalue weighted by atomic mass is 10.0. The number of nitrogens with zero attached hydrogens (tertiary/aromatic N) is 2. The van der Waals surface area contributed by atoms with Crippen molar-refractivity contribution < 1.29 is 4.74 Å². The fraction of sp³-hybridized carbons (Fsp3) is 0.286. The molecule has 0 saturated carbocycles. The summed E-state index contributed by atoms with van der Waals surface area (Å²) in [6.45, 7) is 2.92. The van der Waals surface area contributed by atoms with Crippen LogP contribution in [0.3, 0.4) is 0 Å². The molecule has 1 N–H and O–H groups in total. The van der Waals surface area contributed by atoms with Gasteiger partial charge < -0.3 is 10.1 Å². The Hall–Kier alpha value is -1.21. The Morgan fingerprint density at radius 1 is 1.21 bits per heavy atom. The second kappa shape index (κ2) is 6.81. The zero-order chi connectivity index (χ0) is 13.7. The third-order valence-corrected chi connectivity index (χ3v) is 3.49. The van der Waals surface area contributed by atoms with Crippen molar-refractivity contribution >= 4 is 22.6 Å². The molecule has 0 radical (unpaired) electrons. The van der Waals surface area contributed by atoms with E-state index < -0.39 is 0 Å². The second-order valence-corrected chi connectivity index (χ2v) is 5.24. The van der Waals surface area contributed by atoms with Crippen molar-refractivity contribution in [1.82, 2.24) is 15.3 Å². The minimum Gasteiger partial charge on any atom is -0.480 e. The molecule has 1 aromatic heterocycles. The molecule has 0 spiro atoms. The van der Waals surface area contributed by atoms with Gasteiger partial charge in [-0.2, -0.15) is 0 Å². The number of hydrogen-bond acceptors (Lipinski definition) is 4. The monoisotopic (exact) mass is 369 g/mol. The SMILES string of the molecule is CCNC(c1ccc(I)cc1)c1nccnc1OC. The van der Waals surface area contributed by atoms with Crippen LogP contribution in [-0.2, 0) is 0 Å². The summed E-state index contributed by atoms with van der Waals surface area (Å²) >= 11 is 2.30. The maximum atomic E-state index is 5.30. The molecule has 0 aliphatic rings. The number of hydrogen-bond donors (Lipinski definition) is 1. The van der Waals surface area contributed by atoms with Gasteiger partial charge in [-0.1, -0.05) is 19.1 Å². The molecule has 2 aromatic rings. The average molecular weight is 369 g/mol. The van der Waals surface area contributed by atoms with Gasteiger partial charge in [0.15, 0.2) is 0 Å². The molecule has 5 heteroatoms. The average Bonchev–Trinajstić information content (AvgIpc) is 2.46. The summed E-state index contributed by atoms with van der Waals surface area (Å²) in [5.74, 6) is 0.562. The fourth-order valence-corrected chi connectivity index (χ4v) is 2.28. The van der Waals surface area contributed by atoms with Crippen LogP contribution in [0.25, 0.3) is 0 Å². The third-order valence-electron chi connectivity index (χ3n) is 2.77. The molecule has 19 heavy (non-hydrogen) atoms. The molecule has 100 valence electrons. The van der Waals surface area contributed by atoms with Crippen LogP contribution in [0.4, 0.5) is 0 Å². The van der Waals surface area contributed by atoms with Crippen molar-refractivity contribution in [3.63, 3.8) is 0 Å². The minimum absolute atomic E-state index is 0.00866. The first-order chi connectivity index (χ1) is 9.26. The Bertz CT molecular complexity index is 530. The molecule has 0 aliphatic heterocycles. The molecule has 1 atom stereocenters. The topological polar surface area (TPSA) is 47.0 Å². The van der Waals surface area contributed by atoms with Crippen molar-refractivity contribution in [2.24, 2.45) is 0 Å². The standard InChI is InChI=1S/C14H16IN3O/c1-3-16-12(10-4-6-11(15)7-5-10)13-14(19-2)18-9-8-17-13/h4-9,12,16H,3H2,1-2H3. The number of nitrogens with one attached hydrogen (secondary N) is 1. The fourth-order valence-electron chi connectivity index (χ4n) is 1.92. The molecule has 2 rings (SSSR count). The second-order valence-electron chi connectivity index (χ2n) is 3.99. The highest BCUT2D eigenvalue weighted by Gasteiger charge is 2.19. The van der Waals surface area contributed by atoms with Crippen molar-refractivity contribution in [3.05, 3.63) is 51.5 Å². The van der Waals surface area contributed by atoms with Gasteiger partial charge in [0.1, 0.15) is 5.69 Å². The van der Waals surface area contributed by atoms with Crippen LogP contribution >= 0.6 is 22.6 Å². The summed E-state index contributed by atoms with van der Waals surface area (Å²) in [7, 11) is 1.62. The molecule has 0 amide bonds. The summed E-state index contributed by atoms with van der Waals surface area (Å²) < 4.78 is 6.51. The minimum atomic E-state index is -0.00866. The third kappa shape index (κ3) is 3.42. The van der Waals surface area contributed by atoms with E-state index in [4.69, 9.17) is 4.74 Å². The molecule has 1 aromatic carbocycles. The first-order valence-electron chi connectivity index (χ1n) is 6.10. The van der Waals surface area contributed by atoms with Gasteiger partial charge in [0.25, 0.3) is 0 Å². The zero-order valence-electron chi connectivity index (χ0n) is 10.9. The molecule has 1 unspecified atom stereocenters. The lowest BCUT2D eigenvalue weighted by Crippen LogP contribution is -2.23. The van der Waals surface area contributed by atoms with Gasteiger partial charge in [-0.25, -0.2) is 4.98 Å². The highest BCUT2D eigenvalue weighted by Crippen LogP contribution is 2.26. The van der Waals surface area contributed by atoms with Gasteiger partial charge in [-0.3, -0.25) is 4.98 Å². The van der Waals surface area contributed by atoms with Crippen molar-refractivity contribution in [2.75, 3.05) is 13.7 Å². The zero-order valence-corrected chi connectivity index (χ0v) is 13.1. The van der Waals surface area contributed by atoms with Crippen LogP contribution < -0.4 is 10.1 Å². The van der Waals surface area contributed by atoms with Crippen molar-refractivity contribution in [1.29, 1.82) is 0 Å². The van der Waals surface area contributed by atoms with Gasteiger partial charge in [0.2, 0.25) is 5.88 Å². The van der Waals surface area contributed by atoms with E-state index in [0.29, 0.717) is 5.88 Å². The molecular weight excluding hydrogens is 353 g/mol. The number of benzene rings is 1. The predicted molar refractivity (Wildman–Crippen MR) is 83.3 cm³/mol. The summed E-state index contributed by atoms with van der Waals surface area (Å²) in [5.41, 5.74) is 1.97. The summed E-state index contributed by atoms with van der Waals surface area (Å²) in [5, 5.41) is 3.42. The van der Waals surface area contributed by atoms with Gasteiger partial charge in [0, 0.05) is 16.0 Å². The molecule has 0 saturated heterocycles. The predicted octanol–water partition coefficient (Wildman–Crippen LogP) is 2.79. The molecular formula is C14H16IN3O. The number of halogens is 1. The maximum absolute atomic E-state index is 5.30. The number of ether oxygens (including phenoxy) is 1. The summed E-state index contributed by atoms with van der Waals surface area (Å²) in [6, 6.07) is 8.36. The lowest BCUT2D eigenvalue weighted by molar-refractivity contribution is 0.383. The Morgan fingerprint density at radius 2 is 1.89 bits per heavy atom. The smallest absolute Gasteiger partial charge is 0.237 e. The van der Waals surface area contributed by atoms with Crippen LogP contribution in [0.15, 0.2) is 36.7 Å². The van der Waals surface area contributed by atoms with Crippen LogP contribution in [0, 0.1) is 3.57 Å². The quantitative estimate of drug-likeness (QED) is 0.824. The molecule has 4 nitrogen and oxygen atoms in total. The van der Waals surface area contributed by atoms with Gasteiger partial charge in [-0.15, -0.1) is 0 Å². The highest BCUT2D eigenvalue weighted by molar-refractivity contribution is 14.1. The highest BCUT2D eigenvalue weighted by atomic mass is 127. The van der Waals surface area contributed by atoms with Crippen molar-refractivity contribution in [3.8, 4) is 5.88 Å². The normalized spacial score (nSPS) is 12.2. The summed E-state index contributed by atoms with van der Waals surface area (Å²) in [4.78, 5) is 8.63. The van der Waals surface area contributed by atoms with Gasteiger partial charge >= 0.3 is 0 Å². The van der Waals surface area contributed by atoms with Crippen LogP contribution in [-0.4, -0.2) is 23.6 Å². The van der Waals surface area contributed by atoms with Gasteiger partial charge in [0.05, 0.1) is 13.2 Å². The van der Waals surface area contributed by atoms with E-state index in [1.165, 1.54) is 3.57 Å². The van der Waals surface area contributed by atoms with E-state index in [2.05, 4.69) is 69.1 Å². The molecule has 0 fully saturated rings. The van der Waals surface area contributed by atoms with Crippen molar-refractivity contribution in [2.45, 2.75) is 13.0 Å². The van der Waals surface area contributed by atoms with E-state index in [1.807, 2.05) is 0 Å². The number of aromatic nitrogens is 2. The molecule has 0 aliphatic carbocycles. The Kier molecular flexibility index (Phi) is 5.09. The maximum Gasteiger partial charge on any atom is 0.237 e. The summed E-state index contributed by atoms with van der Waals surface area (Å²) in [6.07, 6.45) is 3.33. The van der Waals surface area contributed by atoms with Crippen LogP contribution in [0.1, 0.15) is 24.2 Å². The lowest BCUT2D eigenvalue weighted by Gasteiger charge is -2.19. The van der Waals surface area contributed by atoms with E-state index in [-0.39, 0.29) is 6.04 Å². The largest absolute Gasteiger partial charge is 0.480 e. The van der Waals surface area contributed by atoms with E-state index in [1.54, 1.807) is 19.5 Å². The number of rotatable bonds is 5. The first-order valence-corrected chi connectivity index (χ1v) is 7.18. The number of methoxy groups -OCH3 is 1. The Morgan fingerprint density at radius 3 is 2.53 bits per heavy atom. The Labute approximate surface area is 126 Å². The van der Waals surface area contributed by atoms with Crippen LogP contribution in [0.2, 0.25) is 0 Å². The first kappa shape index (κ1) is 14.2. The van der Waals surface area contributed by atoms with E-state index >= 15 is 0 Å². The van der Waals surface area contributed by atoms with E-state index in [9.17, 15) is 0 Å². The van der Waals surface area contributed by atoms with E-state index in [0.717, 1.165) is 17.8 Å². The molecule has 0 bridgehead atoms.